The maximum Gasteiger partial charge on any atom is 0.262 e. The molecule has 6 rings (SSSR count). The highest BCUT2D eigenvalue weighted by Crippen LogP contribution is 2.46. The molecule has 0 radical (unpaired) electrons. The van der Waals surface area contributed by atoms with Crippen LogP contribution in [0.4, 0.5) is 5.69 Å². The summed E-state index contributed by atoms with van der Waals surface area (Å²) in [5.41, 5.74) is 3.01. The lowest BCUT2D eigenvalue weighted by molar-refractivity contribution is -0.120. The molecule has 0 aromatic heterocycles. The lowest BCUT2D eigenvalue weighted by Gasteiger charge is -2.17. The van der Waals surface area contributed by atoms with Crippen molar-refractivity contribution in [3.63, 3.8) is 0 Å². The van der Waals surface area contributed by atoms with Crippen molar-refractivity contribution in [1.82, 2.24) is 4.72 Å². The molecular formula is C37H36N2O7S. The Morgan fingerprint density at radius 1 is 0.872 bits per heavy atom. The number of fused-ring (bicyclic) bond motifs is 3. The maximum absolute atomic E-state index is 13.9. The lowest BCUT2D eigenvalue weighted by Crippen LogP contribution is -2.34. The van der Waals surface area contributed by atoms with E-state index in [1.807, 2.05) is 74.5 Å². The van der Waals surface area contributed by atoms with Crippen molar-refractivity contribution in [2.24, 2.45) is 0 Å². The van der Waals surface area contributed by atoms with E-state index >= 15 is 0 Å². The molecule has 0 saturated carbocycles. The Morgan fingerprint density at radius 2 is 1.51 bits per heavy atom. The molecule has 0 spiro atoms. The van der Waals surface area contributed by atoms with E-state index in [-0.39, 0.29) is 12.5 Å². The summed E-state index contributed by atoms with van der Waals surface area (Å²) in [5, 5.41) is 3.56. The molecular weight excluding hydrogens is 616 g/mol. The number of carbonyl (C=O) groups excluding carboxylic acids is 2. The fraction of sp³-hybridized carbons (Fsp3) is 0.243. The monoisotopic (exact) mass is 652 g/mol. The van der Waals surface area contributed by atoms with Crippen molar-refractivity contribution >= 4 is 49.1 Å². The predicted molar refractivity (Wildman–Crippen MR) is 183 cm³/mol. The molecule has 47 heavy (non-hydrogen) atoms. The first-order valence-corrected chi connectivity index (χ1v) is 17.1. The van der Waals surface area contributed by atoms with Crippen LogP contribution in [0.5, 0.6) is 17.2 Å². The normalized spacial score (nSPS) is 13.4. The van der Waals surface area contributed by atoms with Gasteiger partial charge in [-0.3, -0.25) is 14.3 Å². The molecule has 10 heteroatoms. The molecule has 0 aliphatic carbocycles. The van der Waals surface area contributed by atoms with E-state index in [2.05, 4.69) is 4.72 Å². The smallest absolute Gasteiger partial charge is 0.262 e. The molecule has 1 aliphatic heterocycles. The largest absolute Gasteiger partial charge is 0.497 e. The van der Waals surface area contributed by atoms with Gasteiger partial charge >= 0.3 is 0 Å². The molecule has 0 fully saturated rings. The van der Waals surface area contributed by atoms with Crippen LogP contribution in [0.25, 0.3) is 21.5 Å². The fourth-order valence-electron chi connectivity index (χ4n) is 6.04. The number of nitrogens with one attached hydrogen (secondary N) is 1. The highest BCUT2D eigenvalue weighted by molar-refractivity contribution is 7.89. The second kappa shape index (κ2) is 13.0. The first kappa shape index (κ1) is 31.9. The summed E-state index contributed by atoms with van der Waals surface area (Å²) >= 11 is 0. The molecule has 242 valence electrons. The van der Waals surface area contributed by atoms with Crippen molar-refractivity contribution in [3.05, 3.63) is 107 Å². The Balaban J connectivity index is 1.18. The molecule has 1 N–H and O–H groups in total. The predicted octanol–water partition coefficient (Wildman–Crippen LogP) is 6.71. The number of carbonyl (C=O) groups is 2. The third-order valence-corrected chi connectivity index (χ3v) is 9.62. The number of hydrogen-bond donors (Lipinski definition) is 1. The summed E-state index contributed by atoms with van der Waals surface area (Å²) in [6.45, 7) is 6.58. The Labute approximate surface area is 274 Å². The van der Waals surface area contributed by atoms with Gasteiger partial charge < -0.3 is 19.1 Å². The molecule has 2 amide bonds. The van der Waals surface area contributed by atoms with E-state index in [4.69, 9.17) is 14.2 Å². The zero-order valence-corrected chi connectivity index (χ0v) is 27.5. The number of anilines is 1. The van der Waals surface area contributed by atoms with Gasteiger partial charge in [0.25, 0.3) is 5.91 Å². The standard InChI is InChI=1S/C37H36N2O7S/c1-5-45-34-30-9-7-8-10-31(30)35(46-6-2)33-32(34)21-39(37(33)41)28-16-11-24(12-17-28)22-47(42,43)38-36(40)23(3)25-13-14-27-20-29(44-4)18-15-26(27)19-25/h7-20,23H,5-6,21-22H2,1-4H3,(H,38,40). The van der Waals surface area contributed by atoms with Crippen molar-refractivity contribution in [2.75, 3.05) is 25.2 Å². The maximum atomic E-state index is 13.9. The molecule has 5 aromatic rings. The summed E-state index contributed by atoms with van der Waals surface area (Å²) in [4.78, 5) is 28.5. The minimum absolute atomic E-state index is 0.218. The second-order valence-corrected chi connectivity index (χ2v) is 13.1. The van der Waals surface area contributed by atoms with Gasteiger partial charge in [0.15, 0.2) is 0 Å². The average Bonchev–Trinajstić information content (AvgIpc) is 3.41. The first-order chi connectivity index (χ1) is 22.6. The van der Waals surface area contributed by atoms with E-state index < -0.39 is 27.6 Å². The average molecular weight is 653 g/mol. The minimum atomic E-state index is -4.00. The van der Waals surface area contributed by atoms with E-state index in [1.165, 1.54) is 0 Å². The Bertz CT molecular complexity index is 2110. The molecule has 1 heterocycles. The van der Waals surface area contributed by atoms with E-state index in [9.17, 15) is 18.0 Å². The molecule has 9 nitrogen and oxygen atoms in total. The molecule has 0 saturated heterocycles. The van der Waals surface area contributed by atoms with Crippen molar-refractivity contribution in [1.29, 1.82) is 0 Å². The van der Waals surface area contributed by atoms with Gasteiger partial charge in [0.2, 0.25) is 15.9 Å². The number of nitrogens with zero attached hydrogens (tertiary/aromatic N) is 1. The number of methoxy groups -OCH3 is 1. The van der Waals surface area contributed by atoms with Crippen molar-refractivity contribution in [2.45, 2.75) is 39.0 Å². The topological polar surface area (TPSA) is 111 Å². The van der Waals surface area contributed by atoms with Crippen LogP contribution >= 0.6 is 0 Å². The summed E-state index contributed by atoms with van der Waals surface area (Å²) in [7, 11) is -2.40. The van der Waals surface area contributed by atoms with Gasteiger partial charge in [-0.1, -0.05) is 60.7 Å². The summed E-state index contributed by atoms with van der Waals surface area (Å²) < 4.78 is 45.7. The number of benzene rings is 5. The van der Waals surface area contributed by atoms with Gasteiger partial charge in [-0.05, 0) is 66.9 Å². The minimum Gasteiger partial charge on any atom is -0.497 e. The molecule has 0 bridgehead atoms. The zero-order chi connectivity index (χ0) is 33.3. The van der Waals surface area contributed by atoms with Crippen LogP contribution < -0.4 is 23.8 Å². The number of rotatable bonds is 11. The van der Waals surface area contributed by atoms with Crippen LogP contribution in [0.2, 0.25) is 0 Å². The third-order valence-electron chi connectivity index (χ3n) is 8.40. The number of amides is 2. The molecule has 1 atom stereocenters. The second-order valence-electron chi connectivity index (χ2n) is 11.4. The van der Waals surface area contributed by atoms with Crippen LogP contribution in [-0.2, 0) is 27.1 Å². The van der Waals surface area contributed by atoms with E-state index in [0.717, 1.165) is 32.9 Å². The summed E-state index contributed by atoms with van der Waals surface area (Å²) in [6.07, 6.45) is 0. The van der Waals surface area contributed by atoms with Gasteiger partial charge in [-0.2, -0.15) is 0 Å². The SMILES string of the molecule is CCOc1c2c(c(OCC)c3ccccc13)C(=O)N(c1ccc(CS(=O)(=O)NC(=O)C(C)c3ccc4cc(OC)ccc4c3)cc1)C2. The van der Waals surface area contributed by atoms with Crippen LogP contribution in [0, 0.1) is 0 Å². The lowest BCUT2D eigenvalue weighted by atomic mass is 9.97. The third kappa shape index (κ3) is 6.20. The highest BCUT2D eigenvalue weighted by atomic mass is 32.2. The summed E-state index contributed by atoms with van der Waals surface area (Å²) in [5.74, 6) is 0.00152. The van der Waals surface area contributed by atoms with Crippen LogP contribution in [0.1, 0.15) is 53.7 Å². The van der Waals surface area contributed by atoms with Gasteiger partial charge in [-0.15, -0.1) is 0 Å². The van der Waals surface area contributed by atoms with Gasteiger partial charge in [0.05, 0.1) is 44.1 Å². The Morgan fingerprint density at radius 3 is 2.19 bits per heavy atom. The van der Waals surface area contributed by atoms with Crippen LogP contribution in [0.15, 0.2) is 84.9 Å². The van der Waals surface area contributed by atoms with E-state index in [1.54, 1.807) is 43.2 Å². The highest BCUT2D eigenvalue weighted by Gasteiger charge is 2.36. The van der Waals surface area contributed by atoms with Crippen LogP contribution in [-0.4, -0.2) is 40.6 Å². The first-order valence-electron chi connectivity index (χ1n) is 15.5. The van der Waals surface area contributed by atoms with Crippen molar-refractivity contribution < 1.29 is 32.2 Å². The number of sulfonamides is 1. The molecule has 1 aliphatic rings. The van der Waals surface area contributed by atoms with Gasteiger partial charge in [0, 0.05) is 22.0 Å². The Hall–Kier alpha value is -5.09. The molecule has 1 unspecified atom stereocenters. The van der Waals surface area contributed by atoms with Gasteiger partial charge in [0.1, 0.15) is 17.2 Å². The summed E-state index contributed by atoms with van der Waals surface area (Å²) in [6, 6.07) is 25.7. The van der Waals surface area contributed by atoms with Crippen molar-refractivity contribution in [3.8, 4) is 17.2 Å². The number of ether oxygens (including phenoxy) is 3. The van der Waals surface area contributed by atoms with E-state index in [0.29, 0.717) is 47.1 Å². The fourth-order valence-corrected chi connectivity index (χ4v) is 7.23. The van der Waals surface area contributed by atoms with Gasteiger partial charge in [-0.25, -0.2) is 8.42 Å². The number of hydrogen-bond acceptors (Lipinski definition) is 7. The quantitative estimate of drug-likeness (QED) is 0.169. The zero-order valence-electron chi connectivity index (χ0n) is 26.7. The molecule has 5 aromatic carbocycles. The van der Waals surface area contributed by atoms with Crippen LogP contribution in [0.3, 0.4) is 0 Å². The Kier molecular flexibility index (Phi) is 8.79.